The molecule has 0 radical (unpaired) electrons. The third-order valence-electron chi connectivity index (χ3n) is 6.18. The van der Waals surface area contributed by atoms with Crippen molar-refractivity contribution in [3.8, 4) is 5.75 Å². The molecule has 1 saturated heterocycles. The average molecular weight is 451 g/mol. The fraction of sp³-hybridized carbons (Fsp3) is 0.458. The summed E-state index contributed by atoms with van der Waals surface area (Å²) in [6.07, 6.45) is 2.34. The van der Waals surface area contributed by atoms with E-state index >= 15 is 0 Å². The Morgan fingerprint density at radius 1 is 1.20 bits per heavy atom. The van der Waals surface area contributed by atoms with E-state index in [4.69, 9.17) is 27.9 Å². The van der Waals surface area contributed by atoms with Gasteiger partial charge in [-0.1, -0.05) is 35.3 Å². The third-order valence-corrected chi connectivity index (χ3v) is 6.92. The number of halogens is 2. The molecule has 2 aromatic carbocycles. The fourth-order valence-electron chi connectivity index (χ4n) is 4.75. The molecule has 1 N–H and O–H groups in total. The van der Waals surface area contributed by atoms with Gasteiger partial charge in [-0.15, -0.1) is 0 Å². The first-order valence-corrected chi connectivity index (χ1v) is 11.2. The van der Waals surface area contributed by atoms with E-state index in [2.05, 4.69) is 0 Å². The van der Waals surface area contributed by atoms with Crippen molar-refractivity contribution in [2.45, 2.75) is 51.6 Å². The van der Waals surface area contributed by atoms with E-state index < -0.39 is 0 Å². The minimum absolute atomic E-state index is 0.0364. The molecule has 1 fully saturated rings. The second kappa shape index (κ2) is 9.27. The summed E-state index contributed by atoms with van der Waals surface area (Å²) in [4.78, 5) is 13.1. The minimum atomic E-state index is -0.373. The molecule has 1 heterocycles. The molecule has 1 aliphatic rings. The number of aliphatic hydroxyl groups is 1. The van der Waals surface area contributed by atoms with Gasteiger partial charge in [-0.3, -0.25) is 0 Å². The maximum absolute atomic E-state index is 13.1. The Morgan fingerprint density at radius 2 is 1.97 bits per heavy atom. The number of piperidine rings is 1. The number of nitrogens with zero attached hydrogens (tertiary/aromatic N) is 1. The van der Waals surface area contributed by atoms with Crippen LogP contribution in [0.2, 0.25) is 10.0 Å². The monoisotopic (exact) mass is 450 g/mol. The summed E-state index contributed by atoms with van der Waals surface area (Å²) in [5.41, 5.74) is 1.56. The topological polar surface area (TPSA) is 46.5 Å². The first-order valence-electron chi connectivity index (χ1n) is 10.4. The van der Waals surface area contributed by atoms with Crippen molar-refractivity contribution in [1.82, 2.24) is 4.48 Å². The third kappa shape index (κ3) is 4.52. The standard InChI is InChI=1S/C24H30Cl2NO3/c1-17(2)30-21-7-4-6-20(15-21)27(18(3)29)12-5-10-24(16-27,11-13-28)19-8-9-22(25)23(26)14-19/h4,6-9,14-15,17,28H,5,10-13,16H2,1-3H3/q+1. The maximum Gasteiger partial charge on any atom is 0.315 e. The second-order valence-electron chi connectivity index (χ2n) is 8.52. The zero-order chi connectivity index (χ0) is 21.9. The molecule has 3 rings (SSSR count). The second-order valence-corrected chi connectivity index (χ2v) is 9.33. The molecular weight excluding hydrogens is 421 g/mol. The maximum atomic E-state index is 13.1. The van der Waals surface area contributed by atoms with E-state index in [-0.39, 0.29) is 28.5 Å². The summed E-state index contributed by atoms with van der Waals surface area (Å²) < 4.78 is 6.11. The van der Waals surface area contributed by atoms with E-state index in [0.29, 0.717) is 23.0 Å². The lowest BCUT2D eigenvalue weighted by Crippen LogP contribution is -2.63. The highest BCUT2D eigenvalue weighted by atomic mass is 35.5. The van der Waals surface area contributed by atoms with Gasteiger partial charge in [0, 0.05) is 18.1 Å². The lowest BCUT2D eigenvalue weighted by atomic mass is 9.70. The Hall–Kier alpha value is -1.59. The molecule has 0 bridgehead atoms. The van der Waals surface area contributed by atoms with Gasteiger partial charge in [0.2, 0.25) is 0 Å². The van der Waals surface area contributed by atoms with Crippen LogP contribution >= 0.6 is 23.2 Å². The Kier molecular flexibility index (Phi) is 7.13. The molecule has 1 amide bonds. The summed E-state index contributed by atoms with van der Waals surface area (Å²) in [6.45, 7) is 6.94. The first-order chi connectivity index (χ1) is 14.2. The van der Waals surface area contributed by atoms with E-state index in [0.717, 1.165) is 36.4 Å². The van der Waals surface area contributed by atoms with Crippen LogP contribution in [0.3, 0.4) is 0 Å². The number of carbonyl (C=O) groups is 1. The van der Waals surface area contributed by atoms with Crippen LogP contribution in [0.4, 0.5) is 5.69 Å². The van der Waals surface area contributed by atoms with Gasteiger partial charge in [-0.25, -0.2) is 9.28 Å². The molecule has 0 saturated carbocycles. The summed E-state index contributed by atoms with van der Waals surface area (Å²) in [5.74, 6) is 0.841. The summed E-state index contributed by atoms with van der Waals surface area (Å²) in [5, 5.41) is 10.9. The molecule has 0 aliphatic carbocycles. The highest BCUT2D eigenvalue weighted by molar-refractivity contribution is 6.42. The predicted octanol–water partition coefficient (Wildman–Crippen LogP) is 5.75. The Morgan fingerprint density at radius 3 is 2.60 bits per heavy atom. The van der Waals surface area contributed by atoms with Crippen LogP contribution in [0, 0.1) is 0 Å². The van der Waals surface area contributed by atoms with E-state index in [1.165, 1.54) is 0 Å². The molecule has 162 valence electrons. The van der Waals surface area contributed by atoms with Gasteiger partial charge in [0.05, 0.1) is 29.6 Å². The fourth-order valence-corrected chi connectivity index (χ4v) is 5.05. The number of aliphatic hydroxyl groups excluding tert-OH is 1. The lowest BCUT2D eigenvalue weighted by molar-refractivity contribution is -0.130. The number of rotatable bonds is 6. The zero-order valence-corrected chi connectivity index (χ0v) is 19.3. The predicted molar refractivity (Wildman–Crippen MR) is 123 cm³/mol. The SMILES string of the molecule is CC(=O)[N+]1(c2cccc(OC(C)C)c2)CCCC(CCO)(c2ccc(Cl)c(Cl)c2)C1. The van der Waals surface area contributed by atoms with Gasteiger partial charge in [0.25, 0.3) is 0 Å². The molecular formula is C24H30Cl2NO3+. The van der Waals surface area contributed by atoms with Crippen LogP contribution in [0.25, 0.3) is 0 Å². The van der Waals surface area contributed by atoms with Crippen molar-refractivity contribution >= 4 is 34.8 Å². The zero-order valence-electron chi connectivity index (χ0n) is 17.8. The molecule has 1 aliphatic heterocycles. The number of hydrogen-bond donors (Lipinski definition) is 1. The number of amides is 1. The lowest BCUT2D eigenvalue weighted by Gasteiger charge is -2.48. The molecule has 0 spiro atoms. The van der Waals surface area contributed by atoms with Crippen LogP contribution in [0.1, 0.15) is 45.6 Å². The number of ether oxygens (including phenoxy) is 1. The van der Waals surface area contributed by atoms with Crippen LogP contribution in [0.5, 0.6) is 5.75 Å². The van der Waals surface area contributed by atoms with Gasteiger partial charge in [-0.2, -0.15) is 0 Å². The molecule has 2 unspecified atom stereocenters. The highest BCUT2D eigenvalue weighted by Crippen LogP contribution is 2.44. The van der Waals surface area contributed by atoms with Crippen LogP contribution in [0.15, 0.2) is 42.5 Å². The number of benzene rings is 2. The molecule has 2 aromatic rings. The molecule has 2 atom stereocenters. The molecule has 30 heavy (non-hydrogen) atoms. The Labute approximate surface area is 189 Å². The van der Waals surface area contributed by atoms with Crippen LogP contribution in [-0.4, -0.2) is 36.8 Å². The van der Waals surface area contributed by atoms with Crippen LogP contribution < -0.4 is 9.22 Å². The summed E-state index contributed by atoms with van der Waals surface area (Å²) in [6, 6.07) is 13.5. The van der Waals surface area contributed by atoms with Crippen molar-refractivity contribution in [3.05, 3.63) is 58.1 Å². The van der Waals surface area contributed by atoms with Crippen LogP contribution in [-0.2, 0) is 10.2 Å². The number of hydrogen-bond acceptors (Lipinski definition) is 3. The Bertz CT molecular complexity index is 913. The first kappa shape index (κ1) is 23.1. The minimum Gasteiger partial charge on any atom is -0.491 e. The van der Waals surface area contributed by atoms with Gasteiger partial charge < -0.3 is 9.84 Å². The molecule has 4 nitrogen and oxygen atoms in total. The van der Waals surface area contributed by atoms with Crippen molar-refractivity contribution < 1.29 is 14.6 Å². The molecule has 0 aromatic heterocycles. The van der Waals surface area contributed by atoms with Gasteiger partial charge in [0.1, 0.15) is 18.0 Å². The van der Waals surface area contributed by atoms with Crippen molar-refractivity contribution in [2.24, 2.45) is 0 Å². The Balaban J connectivity index is 2.09. The van der Waals surface area contributed by atoms with E-state index in [1.54, 1.807) is 13.0 Å². The van der Waals surface area contributed by atoms with Gasteiger partial charge in [-0.05, 0) is 62.9 Å². The van der Waals surface area contributed by atoms with Crippen molar-refractivity contribution in [1.29, 1.82) is 0 Å². The van der Waals surface area contributed by atoms with E-state index in [1.807, 2.05) is 50.2 Å². The normalized spacial score (nSPS) is 24.1. The number of quaternary nitrogens is 1. The number of carbonyl (C=O) groups excluding carboxylic acids is 1. The average Bonchev–Trinajstić information content (AvgIpc) is 2.70. The van der Waals surface area contributed by atoms with Crippen molar-refractivity contribution in [3.63, 3.8) is 0 Å². The largest absolute Gasteiger partial charge is 0.491 e. The summed E-state index contributed by atoms with van der Waals surface area (Å²) >= 11 is 12.5. The summed E-state index contributed by atoms with van der Waals surface area (Å²) in [7, 11) is 0. The number of likely N-dealkylation sites (tertiary alicyclic amines) is 1. The molecule has 6 heteroatoms. The van der Waals surface area contributed by atoms with E-state index in [9.17, 15) is 9.90 Å². The van der Waals surface area contributed by atoms with Gasteiger partial charge >= 0.3 is 5.91 Å². The smallest absolute Gasteiger partial charge is 0.315 e. The quantitative estimate of drug-likeness (QED) is 0.569. The highest BCUT2D eigenvalue weighted by Gasteiger charge is 2.50. The van der Waals surface area contributed by atoms with Gasteiger partial charge in [0.15, 0.2) is 0 Å². The van der Waals surface area contributed by atoms with Crippen molar-refractivity contribution in [2.75, 3.05) is 19.7 Å².